The molecule has 3 rings (SSSR count). The summed E-state index contributed by atoms with van der Waals surface area (Å²) >= 11 is 0. The van der Waals surface area contributed by atoms with E-state index in [-0.39, 0.29) is 17.6 Å². The average molecular weight is 305 g/mol. The normalized spacial score (nSPS) is 23.4. The summed E-state index contributed by atoms with van der Waals surface area (Å²) in [6.45, 7) is 6.15. The molecule has 6 nitrogen and oxygen atoms in total. The highest BCUT2D eigenvalue weighted by Gasteiger charge is 2.49. The van der Waals surface area contributed by atoms with Crippen LogP contribution in [0.3, 0.4) is 0 Å². The molecule has 0 unspecified atom stereocenters. The number of hydrogen-bond acceptors (Lipinski definition) is 5. The fraction of sp³-hybridized carbons (Fsp3) is 0.688. The number of nitrogens with zero attached hydrogens (tertiary/aromatic N) is 3. The fourth-order valence-corrected chi connectivity index (χ4v) is 3.12. The van der Waals surface area contributed by atoms with Gasteiger partial charge < -0.3 is 14.4 Å². The SMILES string of the molecule is CC(C)CC(=O)N1CC2(C[C@H](Oc3cnccn3)CCO2)C1. The van der Waals surface area contributed by atoms with E-state index in [0.29, 0.717) is 37.9 Å². The molecule has 6 heteroatoms. The summed E-state index contributed by atoms with van der Waals surface area (Å²) in [4.78, 5) is 22.1. The van der Waals surface area contributed by atoms with E-state index in [1.165, 1.54) is 0 Å². The van der Waals surface area contributed by atoms with Crippen molar-refractivity contribution in [2.45, 2.75) is 44.8 Å². The van der Waals surface area contributed by atoms with Gasteiger partial charge in [-0.15, -0.1) is 0 Å². The van der Waals surface area contributed by atoms with Crippen LogP contribution in [0.5, 0.6) is 5.88 Å². The summed E-state index contributed by atoms with van der Waals surface area (Å²) in [5, 5.41) is 0. The molecule has 0 aliphatic carbocycles. The van der Waals surface area contributed by atoms with Gasteiger partial charge in [-0.05, 0) is 5.92 Å². The lowest BCUT2D eigenvalue weighted by molar-refractivity contribution is -0.193. The Balaban J connectivity index is 1.53. The molecular weight excluding hydrogens is 282 g/mol. The highest BCUT2D eigenvalue weighted by Crippen LogP contribution is 2.36. The Morgan fingerprint density at radius 3 is 3.00 bits per heavy atom. The van der Waals surface area contributed by atoms with Gasteiger partial charge in [0, 0.05) is 31.7 Å². The van der Waals surface area contributed by atoms with Gasteiger partial charge in [-0.25, -0.2) is 4.98 Å². The fourth-order valence-electron chi connectivity index (χ4n) is 3.12. The Bertz CT molecular complexity index is 515. The van der Waals surface area contributed by atoms with E-state index in [9.17, 15) is 4.79 Å². The Labute approximate surface area is 130 Å². The number of likely N-dealkylation sites (tertiary alicyclic amines) is 1. The zero-order valence-electron chi connectivity index (χ0n) is 13.2. The molecule has 22 heavy (non-hydrogen) atoms. The number of carbonyl (C=O) groups excluding carboxylic acids is 1. The number of aromatic nitrogens is 2. The molecule has 1 aromatic rings. The lowest BCUT2D eigenvalue weighted by atomic mass is 9.84. The monoisotopic (exact) mass is 305 g/mol. The molecule has 2 fully saturated rings. The van der Waals surface area contributed by atoms with Crippen molar-refractivity contribution in [3.8, 4) is 5.88 Å². The van der Waals surface area contributed by atoms with E-state index in [1.54, 1.807) is 18.6 Å². The van der Waals surface area contributed by atoms with Crippen LogP contribution in [0.2, 0.25) is 0 Å². The number of hydrogen-bond donors (Lipinski definition) is 0. The second-order valence-corrected chi connectivity index (χ2v) is 6.66. The minimum absolute atomic E-state index is 0.0767. The zero-order valence-corrected chi connectivity index (χ0v) is 13.2. The minimum atomic E-state index is -0.224. The van der Waals surface area contributed by atoms with Crippen LogP contribution in [-0.2, 0) is 9.53 Å². The van der Waals surface area contributed by atoms with Crippen LogP contribution < -0.4 is 4.74 Å². The molecule has 1 aromatic heterocycles. The molecule has 0 aromatic carbocycles. The van der Waals surface area contributed by atoms with Crippen molar-refractivity contribution in [3.05, 3.63) is 18.6 Å². The van der Waals surface area contributed by atoms with Crippen LogP contribution in [0.15, 0.2) is 18.6 Å². The molecular formula is C16H23N3O3. The maximum absolute atomic E-state index is 12.1. The van der Waals surface area contributed by atoms with E-state index in [2.05, 4.69) is 23.8 Å². The summed E-state index contributed by atoms with van der Waals surface area (Å²) in [6.07, 6.45) is 7.21. The predicted octanol–water partition coefficient (Wildman–Crippen LogP) is 1.66. The van der Waals surface area contributed by atoms with Crippen molar-refractivity contribution in [3.63, 3.8) is 0 Å². The van der Waals surface area contributed by atoms with Gasteiger partial charge in [0.2, 0.25) is 11.8 Å². The van der Waals surface area contributed by atoms with E-state index in [4.69, 9.17) is 9.47 Å². The van der Waals surface area contributed by atoms with Crippen molar-refractivity contribution in [1.82, 2.24) is 14.9 Å². The van der Waals surface area contributed by atoms with E-state index >= 15 is 0 Å². The standard InChI is InChI=1S/C16H23N3O3/c1-12(2)7-15(20)19-10-16(11-19)8-13(3-6-21-16)22-14-9-17-4-5-18-14/h4-5,9,12-13H,3,6-8,10-11H2,1-2H3/t13-/m1/s1. The van der Waals surface area contributed by atoms with Crippen LogP contribution in [0.4, 0.5) is 0 Å². The maximum Gasteiger partial charge on any atom is 0.232 e. The average Bonchev–Trinajstić information content (AvgIpc) is 2.45. The van der Waals surface area contributed by atoms with Gasteiger partial charge in [0.25, 0.3) is 0 Å². The molecule has 0 N–H and O–H groups in total. The van der Waals surface area contributed by atoms with Crippen molar-refractivity contribution in [1.29, 1.82) is 0 Å². The Morgan fingerprint density at radius 1 is 1.50 bits per heavy atom. The van der Waals surface area contributed by atoms with Gasteiger partial charge in [-0.2, -0.15) is 0 Å². The molecule has 0 radical (unpaired) electrons. The molecule has 2 aliphatic rings. The molecule has 1 spiro atoms. The van der Waals surface area contributed by atoms with Gasteiger partial charge >= 0.3 is 0 Å². The van der Waals surface area contributed by atoms with Crippen LogP contribution in [0.1, 0.15) is 33.1 Å². The first kappa shape index (κ1) is 15.2. The Kier molecular flexibility index (Phi) is 4.29. The second-order valence-electron chi connectivity index (χ2n) is 6.66. The molecule has 1 amide bonds. The summed E-state index contributed by atoms with van der Waals surface area (Å²) < 4.78 is 11.8. The number of rotatable bonds is 4. The van der Waals surface area contributed by atoms with Gasteiger partial charge in [-0.3, -0.25) is 9.78 Å². The quantitative estimate of drug-likeness (QED) is 0.846. The molecule has 1 atom stereocenters. The number of ether oxygens (including phenoxy) is 2. The number of amides is 1. The Hall–Kier alpha value is -1.69. The maximum atomic E-state index is 12.1. The molecule has 2 saturated heterocycles. The van der Waals surface area contributed by atoms with E-state index < -0.39 is 0 Å². The lowest BCUT2D eigenvalue weighted by Crippen LogP contribution is -2.67. The van der Waals surface area contributed by atoms with Crippen LogP contribution in [0, 0.1) is 5.92 Å². The summed E-state index contributed by atoms with van der Waals surface area (Å²) in [7, 11) is 0. The van der Waals surface area contributed by atoms with Gasteiger partial charge in [0.15, 0.2) is 0 Å². The molecule has 120 valence electrons. The largest absolute Gasteiger partial charge is 0.473 e. The predicted molar refractivity (Wildman–Crippen MR) is 80.4 cm³/mol. The summed E-state index contributed by atoms with van der Waals surface area (Å²) in [5.74, 6) is 1.17. The first-order valence-electron chi connectivity index (χ1n) is 7.91. The highest BCUT2D eigenvalue weighted by atomic mass is 16.5. The van der Waals surface area contributed by atoms with E-state index in [0.717, 1.165) is 12.8 Å². The topological polar surface area (TPSA) is 64.6 Å². The van der Waals surface area contributed by atoms with Crippen molar-refractivity contribution < 1.29 is 14.3 Å². The summed E-state index contributed by atoms with van der Waals surface area (Å²) in [5.41, 5.74) is -0.224. The minimum Gasteiger partial charge on any atom is -0.473 e. The van der Waals surface area contributed by atoms with Crippen LogP contribution >= 0.6 is 0 Å². The summed E-state index contributed by atoms with van der Waals surface area (Å²) in [6, 6.07) is 0. The molecule has 3 heterocycles. The van der Waals surface area contributed by atoms with Crippen molar-refractivity contribution in [2.24, 2.45) is 5.92 Å². The van der Waals surface area contributed by atoms with Gasteiger partial charge in [0.1, 0.15) is 11.7 Å². The lowest BCUT2D eigenvalue weighted by Gasteiger charge is -2.53. The number of carbonyl (C=O) groups is 1. The highest BCUT2D eigenvalue weighted by molar-refractivity contribution is 5.77. The second kappa shape index (κ2) is 6.20. The third-order valence-electron chi connectivity index (χ3n) is 4.17. The molecule has 2 aliphatic heterocycles. The van der Waals surface area contributed by atoms with Crippen molar-refractivity contribution in [2.75, 3.05) is 19.7 Å². The zero-order chi connectivity index (χ0) is 15.6. The van der Waals surface area contributed by atoms with Gasteiger partial charge in [0.05, 0.1) is 25.9 Å². The third-order valence-corrected chi connectivity index (χ3v) is 4.17. The van der Waals surface area contributed by atoms with Gasteiger partial charge in [-0.1, -0.05) is 13.8 Å². The van der Waals surface area contributed by atoms with Crippen LogP contribution in [-0.4, -0.2) is 52.2 Å². The Morgan fingerprint density at radius 2 is 2.32 bits per heavy atom. The smallest absolute Gasteiger partial charge is 0.232 e. The van der Waals surface area contributed by atoms with Crippen LogP contribution in [0.25, 0.3) is 0 Å². The molecule has 0 saturated carbocycles. The van der Waals surface area contributed by atoms with Crippen molar-refractivity contribution >= 4 is 5.91 Å². The van der Waals surface area contributed by atoms with E-state index in [1.807, 2.05) is 4.90 Å². The third kappa shape index (κ3) is 3.38. The first-order valence-corrected chi connectivity index (χ1v) is 7.91. The first-order chi connectivity index (χ1) is 10.6. The molecule has 0 bridgehead atoms.